The van der Waals surface area contributed by atoms with Crippen molar-refractivity contribution < 1.29 is 4.74 Å². The summed E-state index contributed by atoms with van der Waals surface area (Å²) in [6, 6.07) is 0.486. The zero-order chi connectivity index (χ0) is 7.52. The molecule has 2 nitrogen and oxygen atoms in total. The first-order chi connectivity index (χ1) is 5.47. The first-order valence-corrected chi connectivity index (χ1v) is 4.20. The van der Waals surface area contributed by atoms with E-state index in [1.807, 2.05) is 0 Å². The molecule has 0 aliphatic carbocycles. The molecular formula is C9H13NO. The Labute approximate surface area is 66.9 Å². The summed E-state index contributed by atoms with van der Waals surface area (Å²) in [7, 11) is 0. The molecule has 2 heterocycles. The van der Waals surface area contributed by atoms with E-state index in [9.17, 15) is 0 Å². The minimum absolute atomic E-state index is 0.486. The molecule has 1 saturated heterocycles. The summed E-state index contributed by atoms with van der Waals surface area (Å²) in [6.45, 7) is 1.94. The van der Waals surface area contributed by atoms with Crippen LogP contribution in [0, 0.1) is 0 Å². The third-order valence-corrected chi connectivity index (χ3v) is 2.12. The van der Waals surface area contributed by atoms with Crippen LogP contribution in [0.2, 0.25) is 0 Å². The number of fused-ring (bicyclic) bond motifs is 1. The number of allylic oxidation sites excluding steroid dienone is 2. The maximum atomic E-state index is 5.44. The van der Waals surface area contributed by atoms with E-state index in [0.717, 1.165) is 31.8 Å². The second-order valence-electron chi connectivity index (χ2n) is 2.93. The lowest BCUT2D eigenvalue weighted by atomic mass is 10.1. The van der Waals surface area contributed by atoms with Gasteiger partial charge in [0.15, 0.2) is 0 Å². The normalized spacial score (nSPS) is 37.5. The molecule has 0 aromatic heterocycles. The maximum Gasteiger partial charge on any atom is 0.113 e. The molecule has 0 bridgehead atoms. The summed E-state index contributed by atoms with van der Waals surface area (Å²) < 4.78 is 5.44. The monoisotopic (exact) mass is 151 g/mol. The largest absolute Gasteiger partial charge is 0.496 e. The lowest BCUT2D eigenvalue weighted by Crippen LogP contribution is -2.29. The average Bonchev–Trinajstić information content (AvgIpc) is 2.35. The molecule has 1 unspecified atom stereocenters. The molecule has 0 radical (unpaired) electrons. The van der Waals surface area contributed by atoms with Crippen LogP contribution in [0.15, 0.2) is 24.0 Å². The second-order valence-corrected chi connectivity index (χ2v) is 2.93. The minimum Gasteiger partial charge on any atom is -0.496 e. The van der Waals surface area contributed by atoms with Gasteiger partial charge in [0, 0.05) is 6.42 Å². The molecular weight excluding hydrogens is 138 g/mol. The van der Waals surface area contributed by atoms with Gasteiger partial charge in [0.05, 0.1) is 12.6 Å². The minimum atomic E-state index is 0.486. The molecule has 0 aromatic rings. The Bertz CT molecular complexity index is 196. The van der Waals surface area contributed by atoms with Gasteiger partial charge < -0.3 is 10.1 Å². The molecule has 11 heavy (non-hydrogen) atoms. The fraction of sp³-hybridized carbons (Fsp3) is 0.556. The van der Waals surface area contributed by atoms with Gasteiger partial charge in [-0.3, -0.25) is 0 Å². The molecule has 1 fully saturated rings. The molecule has 0 spiro atoms. The average molecular weight is 151 g/mol. The van der Waals surface area contributed by atoms with Crippen molar-refractivity contribution >= 4 is 0 Å². The number of hydrogen-bond acceptors (Lipinski definition) is 2. The van der Waals surface area contributed by atoms with E-state index in [1.165, 1.54) is 0 Å². The van der Waals surface area contributed by atoms with E-state index >= 15 is 0 Å². The standard InChI is InChI=1S/C9H13NO/c1-2-4-9-8(5-7-11-9)10-6-3-1/h1-2,4,8,10H,3,5-7H2/b2-1-,9-4+. The predicted molar refractivity (Wildman–Crippen MR) is 44.2 cm³/mol. The zero-order valence-electron chi connectivity index (χ0n) is 6.55. The number of hydrogen-bond donors (Lipinski definition) is 1. The molecule has 60 valence electrons. The Morgan fingerprint density at radius 2 is 2.55 bits per heavy atom. The van der Waals surface area contributed by atoms with E-state index in [2.05, 4.69) is 23.5 Å². The van der Waals surface area contributed by atoms with Crippen LogP contribution in [0.4, 0.5) is 0 Å². The van der Waals surface area contributed by atoms with Crippen LogP contribution in [-0.4, -0.2) is 19.2 Å². The molecule has 1 atom stereocenters. The summed E-state index contributed by atoms with van der Waals surface area (Å²) in [5.41, 5.74) is 0. The third kappa shape index (κ3) is 1.46. The summed E-state index contributed by atoms with van der Waals surface area (Å²) in [6.07, 6.45) is 8.58. The van der Waals surface area contributed by atoms with Gasteiger partial charge in [-0.15, -0.1) is 0 Å². The Balaban J connectivity index is 2.14. The quantitative estimate of drug-likeness (QED) is 0.562. The van der Waals surface area contributed by atoms with Gasteiger partial charge in [-0.1, -0.05) is 12.2 Å². The van der Waals surface area contributed by atoms with Crippen LogP contribution in [0.5, 0.6) is 0 Å². The van der Waals surface area contributed by atoms with Gasteiger partial charge in [0.1, 0.15) is 5.76 Å². The Morgan fingerprint density at radius 1 is 1.55 bits per heavy atom. The van der Waals surface area contributed by atoms with E-state index < -0.39 is 0 Å². The van der Waals surface area contributed by atoms with E-state index in [-0.39, 0.29) is 0 Å². The molecule has 0 saturated carbocycles. The first kappa shape index (κ1) is 6.92. The molecule has 2 aliphatic rings. The van der Waals surface area contributed by atoms with Crippen LogP contribution in [-0.2, 0) is 4.74 Å². The van der Waals surface area contributed by atoms with Crippen molar-refractivity contribution in [2.45, 2.75) is 18.9 Å². The highest BCUT2D eigenvalue weighted by Crippen LogP contribution is 2.18. The van der Waals surface area contributed by atoms with Crippen molar-refractivity contribution in [3.8, 4) is 0 Å². The fourth-order valence-corrected chi connectivity index (χ4v) is 1.50. The Hall–Kier alpha value is -0.760. The summed E-state index contributed by atoms with van der Waals surface area (Å²) in [5, 5.41) is 3.44. The van der Waals surface area contributed by atoms with Gasteiger partial charge in [0.2, 0.25) is 0 Å². The van der Waals surface area contributed by atoms with E-state index in [4.69, 9.17) is 4.74 Å². The van der Waals surface area contributed by atoms with Crippen molar-refractivity contribution in [1.29, 1.82) is 0 Å². The van der Waals surface area contributed by atoms with Gasteiger partial charge in [-0.05, 0) is 19.0 Å². The Morgan fingerprint density at radius 3 is 3.55 bits per heavy atom. The SMILES string of the molecule is C1=C\CCNC2CCO/C2=C/1. The molecule has 1 N–H and O–H groups in total. The topological polar surface area (TPSA) is 21.3 Å². The second kappa shape index (κ2) is 3.09. The number of nitrogens with one attached hydrogen (secondary N) is 1. The fourth-order valence-electron chi connectivity index (χ4n) is 1.50. The molecule has 2 heteroatoms. The summed E-state index contributed by atoms with van der Waals surface area (Å²) in [4.78, 5) is 0. The highest BCUT2D eigenvalue weighted by molar-refractivity contribution is 5.16. The molecule has 0 aromatic carbocycles. The Kier molecular flexibility index (Phi) is 1.95. The molecule has 0 amide bonds. The number of ether oxygens (including phenoxy) is 1. The summed E-state index contributed by atoms with van der Waals surface area (Å²) >= 11 is 0. The van der Waals surface area contributed by atoms with E-state index in [1.54, 1.807) is 0 Å². The van der Waals surface area contributed by atoms with Crippen LogP contribution in [0.25, 0.3) is 0 Å². The van der Waals surface area contributed by atoms with Crippen LogP contribution >= 0.6 is 0 Å². The molecule has 2 rings (SSSR count). The van der Waals surface area contributed by atoms with Gasteiger partial charge >= 0.3 is 0 Å². The van der Waals surface area contributed by atoms with Crippen LogP contribution in [0.1, 0.15) is 12.8 Å². The van der Waals surface area contributed by atoms with Crippen molar-refractivity contribution in [2.75, 3.05) is 13.2 Å². The maximum absolute atomic E-state index is 5.44. The van der Waals surface area contributed by atoms with Gasteiger partial charge in [-0.2, -0.15) is 0 Å². The number of rotatable bonds is 0. The summed E-state index contributed by atoms with van der Waals surface area (Å²) in [5.74, 6) is 1.11. The third-order valence-electron chi connectivity index (χ3n) is 2.12. The predicted octanol–water partition coefficient (Wildman–Crippen LogP) is 1.21. The zero-order valence-corrected chi connectivity index (χ0v) is 6.55. The van der Waals surface area contributed by atoms with Crippen molar-refractivity contribution in [3.05, 3.63) is 24.0 Å². The highest BCUT2D eigenvalue weighted by Gasteiger charge is 2.21. The van der Waals surface area contributed by atoms with Crippen molar-refractivity contribution in [1.82, 2.24) is 5.32 Å². The van der Waals surface area contributed by atoms with Gasteiger partial charge in [0.25, 0.3) is 0 Å². The molecule has 2 aliphatic heterocycles. The van der Waals surface area contributed by atoms with Gasteiger partial charge in [-0.25, -0.2) is 0 Å². The lowest BCUT2D eigenvalue weighted by Gasteiger charge is -2.12. The van der Waals surface area contributed by atoms with Crippen molar-refractivity contribution in [2.24, 2.45) is 0 Å². The van der Waals surface area contributed by atoms with E-state index in [0.29, 0.717) is 6.04 Å². The van der Waals surface area contributed by atoms with Crippen LogP contribution in [0.3, 0.4) is 0 Å². The van der Waals surface area contributed by atoms with Crippen molar-refractivity contribution in [3.63, 3.8) is 0 Å². The smallest absolute Gasteiger partial charge is 0.113 e. The first-order valence-electron chi connectivity index (χ1n) is 4.20. The van der Waals surface area contributed by atoms with Crippen LogP contribution < -0.4 is 5.32 Å². The lowest BCUT2D eigenvalue weighted by molar-refractivity contribution is 0.260. The highest BCUT2D eigenvalue weighted by atomic mass is 16.5.